The second-order valence-electron chi connectivity index (χ2n) is 4.35. The molecule has 1 atom stereocenters. The van der Waals surface area contributed by atoms with Gasteiger partial charge in [0.1, 0.15) is 0 Å². The molecular formula is C13H18ClN. The lowest BCUT2D eigenvalue weighted by molar-refractivity contribution is 0.333. The molecule has 0 saturated carbocycles. The Hall–Kier alpha value is -0.530. The van der Waals surface area contributed by atoms with E-state index in [-0.39, 0.29) is 0 Å². The molecule has 1 aliphatic heterocycles. The Labute approximate surface area is 97.0 Å². The minimum Gasteiger partial charge on any atom is -0.303 e. The molecule has 0 N–H and O–H groups in total. The van der Waals surface area contributed by atoms with E-state index in [1.807, 2.05) is 0 Å². The molecule has 0 spiro atoms. The van der Waals surface area contributed by atoms with Gasteiger partial charge in [-0.15, -0.1) is 11.6 Å². The van der Waals surface area contributed by atoms with E-state index < -0.39 is 0 Å². The maximum absolute atomic E-state index is 5.86. The van der Waals surface area contributed by atoms with Gasteiger partial charge in [0.25, 0.3) is 0 Å². The van der Waals surface area contributed by atoms with E-state index >= 15 is 0 Å². The van der Waals surface area contributed by atoms with Crippen LogP contribution in [0.15, 0.2) is 30.3 Å². The Bertz CT molecular complexity index is 286. The van der Waals surface area contributed by atoms with Crippen molar-refractivity contribution in [3.8, 4) is 0 Å². The van der Waals surface area contributed by atoms with E-state index in [0.717, 1.165) is 18.2 Å². The van der Waals surface area contributed by atoms with Gasteiger partial charge in [-0.05, 0) is 30.9 Å². The summed E-state index contributed by atoms with van der Waals surface area (Å²) in [6.07, 6.45) is 2.44. The largest absolute Gasteiger partial charge is 0.303 e. The van der Waals surface area contributed by atoms with E-state index in [2.05, 4.69) is 35.2 Å². The molecule has 1 aliphatic rings. The van der Waals surface area contributed by atoms with Crippen molar-refractivity contribution in [2.24, 2.45) is 5.92 Å². The predicted molar refractivity (Wildman–Crippen MR) is 65.4 cm³/mol. The quantitative estimate of drug-likeness (QED) is 0.710. The molecule has 0 unspecified atom stereocenters. The van der Waals surface area contributed by atoms with Crippen LogP contribution in [-0.4, -0.2) is 30.4 Å². The van der Waals surface area contributed by atoms with E-state index in [9.17, 15) is 0 Å². The zero-order valence-electron chi connectivity index (χ0n) is 9.03. The van der Waals surface area contributed by atoms with Crippen LogP contribution in [0, 0.1) is 5.92 Å². The first-order valence-electron chi connectivity index (χ1n) is 5.70. The highest BCUT2D eigenvalue weighted by Gasteiger charge is 2.20. The standard InChI is InChI=1S/C13H18ClN/c14-10-13-7-9-15(11-13)8-6-12-4-2-1-3-5-12/h1-5,13H,6-11H2/t13-/m0/s1. The zero-order chi connectivity index (χ0) is 10.5. The fourth-order valence-electron chi connectivity index (χ4n) is 2.17. The van der Waals surface area contributed by atoms with Gasteiger partial charge in [0, 0.05) is 19.0 Å². The number of hydrogen-bond acceptors (Lipinski definition) is 1. The van der Waals surface area contributed by atoms with Gasteiger partial charge in [-0.2, -0.15) is 0 Å². The first-order valence-corrected chi connectivity index (χ1v) is 6.24. The minimum atomic E-state index is 0.724. The Morgan fingerprint density at radius 2 is 2.07 bits per heavy atom. The van der Waals surface area contributed by atoms with Crippen molar-refractivity contribution in [1.82, 2.24) is 4.90 Å². The number of halogens is 1. The molecule has 2 heteroatoms. The lowest BCUT2D eigenvalue weighted by Gasteiger charge is -2.15. The molecule has 1 aromatic rings. The van der Waals surface area contributed by atoms with Crippen LogP contribution in [0.4, 0.5) is 0 Å². The molecule has 0 aliphatic carbocycles. The number of rotatable bonds is 4. The van der Waals surface area contributed by atoms with Gasteiger partial charge in [-0.3, -0.25) is 0 Å². The maximum atomic E-state index is 5.86. The third-order valence-electron chi connectivity index (χ3n) is 3.15. The van der Waals surface area contributed by atoms with Gasteiger partial charge in [-0.1, -0.05) is 30.3 Å². The molecule has 0 bridgehead atoms. The predicted octanol–water partition coefficient (Wildman–Crippen LogP) is 2.79. The van der Waals surface area contributed by atoms with Crippen LogP contribution in [-0.2, 0) is 6.42 Å². The number of nitrogens with zero attached hydrogens (tertiary/aromatic N) is 1. The van der Waals surface area contributed by atoms with Crippen molar-refractivity contribution >= 4 is 11.6 Å². The minimum absolute atomic E-state index is 0.724. The van der Waals surface area contributed by atoms with Gasteiger partial charge in [0.2, 0.25) is 0 Å². The molecule has 1 saturated heterocycles. The third-order valence-corrected chi connectivity index (χ3v) is 3.58. The van der Waals surface area contributed by atoms with Crippen LogP contribution < -0.4 is 0 Å². The van der Waals surface area contributed by atoms with Crippen molar-refractivity contribution in [1.29, 1.82) is 0 Å². The highest BCUT2D eigenvalue weighted by atomic mass is 35.5. The smallest absolute Gasteiger partial charge is 0.0264 e. The normalized spacial score (nSPS) is 22.1. The van der Waals surface area contributed by atoms with Gasteiger partial charge >= 0.3 is 0 Å². The van der Waals surface area contributed by atoms with Gasteiger partial charge in [0.05, 0.1) is 0 Å². The highest BCUT2D eigenvalue weighted by Crippen LogP contribution is 2.17. The van der Waals surface area contributed by atoms with Crippen molar-refractivity contribution in [3.05, 3.63) is 35.9 Å². The Balaban J connectivity index is 1.75. The van der Waals surface area contributed by atoms with Crippen LogP contribution in [0.2, 0.25) is 0 Å². The topological polar surface area (TPSA) is 3.24 Å². The molecule has 1 fully saturated rings. The Morgan fingerprint density at radius 3 is 2.73 bits per heavy atom. The first-order chi connectivity index (χ1) is 7.38. The van der Waals surface area contributed by atoms with E-state index in [4.69, 9.17) is 11.6 Å². The SMILES string of the molecule is ClC[C@@H]1CCN(CCc2ccccc2)C1. The van der Waals surface area contributed by atoms with Crippen molar-refractivity contribution in [2.45, 2.75) is 12.8 Å². The summed E-state index contributed by atoms with van der Waals surface area (Å²) in [6, 6.07) is 10.7. The van der Waals surface area contributed by atoms with Crippen LogP contribution in [0.25, 0.3) is 0 Å². The van der Waals surface area contributed by atoms with Crippen LogP contribution >= 0.6 is 11.6 Å². The van der Waals surface area contributed by atoms with Crippen molar-refractivity contribution < 1.29 is 0 Å². The van der Waals surface area contributed by atoms with Crippen molar-refractivity contribution in [2.75, 3.05) is 25.5 Å². The monoisotopic (exact) mass is 223 g/mol. The highest BCUT2D eigenvalue weighted by molar-refractivity contribution is 6.18. The lowest BCUT2D eigenvalue weighted by atomic mass is 10.1. The molecule has 0 amide bonds. The van der Waals surface area contributed by atoms with Gasteiger partial charge in [0.15, 0.2) is 0 Å². The van der Waals surface area contributed by atoms with E-state index in [0.29, 0.717) is 0 Å². The number of hydrogen-bond donors (Lipinski definition) is 0. The second-order valence-corrected chi connectivity index (χ2v) is 4.65. The second kappa shape index (κ2) is 5.53. The fourth-order valence-corrected chi connectivity index (χ4v) is 2.43. The summed E-state index contributed by atoms with van der Waals surface area (Å²) in [5, 5.41) is 0. The molecule has 2 rings (SSSR count). The molecule has 1 aromatic carbocycles. The number of likely N-dealkylation sites (tertiary alicyclic amines) is 1. The summed E-state index contributed by atoms with van der Waals surface area (Å²) >= 11 is 5.86. The van der Waals surface area contributed by atoms with Gasteiger partial charge in [-0.25, -0.2) is 0 Å². The average molecular weight is 224 g/mol. The average Bonchev–Trinajstić information content (AvgIpc) is 2.76. The summed E-state index contributed by atoms with van der Waals surface area (Å²) in [6.45, 7) is 3.60. The molecule has 1 heterocycles. The molecular weight excluding hydrogens is 206 g/mol. The zero-order valence-corrected chi connectivity index (χ0v) is 9.79. The third kappa shape index (κ3) is 3.22. The molecule has 1 nitrogen and oxygen atoms in total. The summed E-state index contributed by atoms with van der Waals surface area (Å²) in [5.74, 6) is 1.55. The fraction of sp³-hybridized carbons (Fsp3) is 0.538. The summed E-state index contributed by atoms with van der Waals surface area (Å²) in [7, 11) is 0. The van der Waals surface area contributed by atoms with E-state index in [1.165, 1.54) is 31.6 Å². The molecule has 15 heavy (non-hydrogen) atoms. The first kappa shape index (κ1) is 11.0. The van der Waals surface area contributed by atoms with Crippen LogP contribution in [0.1, 0.15) is 12.0 Å². The van der Waals surface area contributed by atoms with Crippen LogP contribution in [0.3, 0.4) is 0 Å². The Morgan fingerprint density at radius 1 is 1.27 bits per heavy atom. The van der Waals surface area contributed by atoms with Crippen molar-refractivity contribution in [3.63, 3.8) is 0 Å². The lowest BCUT2D eigenvalue weighted by Crippen LogP contribution is -2.23. The van der Waals surface area contributed by atoms with Crippen LogP contribution in [0.5, 0.6) is 0 Å². The molecule has 0 radical (unpaired) electrons. The number of benzene rings is 1. The maximum Gasteiger partial charge on any atom is 0.0264 e. The van der Waals surface area contributed by atoms with Gasteiger partial charge < -0.3 is 4.90 Å². The molecule has 0 aromatic heterocycles. The summed E-state index contributed by atoms with van der Waals surface area (Å²) < 4.78 is 0. The Kier molecular flexibility index (Phi) is 4.04. The summed E-state index contributed by atoms with van der Waals surface area (Å²) in [5.41, 5.74) is 1.44. The summed E-state index contributed by atoms with van der Waals surface area (Å²) in [4.78, 5) is 2.53. The number of alkyl halides is 1. The van der Waals surface area contributed by atoms with E-state index in [1.54, 1.807) is 0 Å². The molecule has 82 valence electrons.